The van der Waals surface area contributed by atoms with Crippen molar-refractivity contribution < 1.29 is 22.6 Å². The maximum atomic E-state index is 12.3. The summed E-state index contributed by atoms with van der Waals surface area (Å²) in [6.07, 6.45) is 1.33. The van der Waals surface area contributed by atoms with Crippen LogP contribution in [0.4, 0.5) is 0 Å². The molecule has 0 saturated heterocycles. The van der Waals surface area contributed by atoms with Crippen molar-refractivity contribution in [2.24, 2.45) is 0 Å². The summed E-state index contributed by atoms with van der Waals surface area (Å²) in [7, 11) is 1.15. The number of thiophene rings is 1. The lowest BCUT2D eigenvalue weighted by molar-refractivity contribution is 0.324. The molecule has 0 spiro atoms. The fraction of sp³-hybridized carbons (Fsp3) is 0.412. The number of hydrogen-bond donors (Lipinski definition) is 1. The molecule has 1 heterocycles. The normalized spacial score (nSPS) is 11.4. The maximum Gasteiger partial charge on any atom is 0.250 e. The minimum Gasteiger partial charge on any atom is -0.493 e. The predicted octanol–water partition coefficient (Wildman–Crippen LogP) is 2.86. The van der Waals surface area contributed by atoms with E-state index in [2.05, 4.69) is 4.72 Å². The molecule has 25 heavy (non-hydrogen) atoms. The average molecular weight is 386 g/mol. The number of hydrogen-bond acceptors (Lipinski definition) is 6. The van der Waals surface area contributed by atoms with Gasteiger partial charge in [-0.05, 0) is 42.7 Å². The van der Waals surface area contributed by atoms with Gasteiger partial charge in [0.2, 0.25) is 15.8 Å². The minimum atomic E-state index is -3.48. The van der Waals surface area contributed by atoms with Crippen LogP contribution in [0.1, 0.15) is 17.4 Å². The molecule has 0 bridgehead atoms. The first-order chi connectivity index (χ1) is 11.9. The number of aryl methyl sites for hydroxylation is 1. The van der Waals surface area contributed by atoms with Gasteiger partial charge in [-0.2, -0.15) is 0 Å². The Labute approximate surface area is 152 Å². The van der Waals surface area contributed by atoms with Gasteiger partial charge in [-0.1, -0.05) is 6.92 Å². The van der Waals surface area contributed by atoms with Gasteiger partial charge in [-0.25, -0.2) is 13.1 Å². The summed E-state index contributed by atoms with van der Waals surface area (Å²) < 4.78 is 43.5. The van der Waals surface area contributed by atoms with Crippen molar-refractivity contribution in [1.29, 1.82) is 0 Å². The zero-order valence-electron chi connectivity index (χ0n) is 14.8. The largest absolute Gasteiger partial charge is 0.493 e. The highest BCUT2D eigenvalue weighted by Crippen LogP contribution is 2.38. The van der Waals surface area contributed by atoms with Gasteiger partial charge >= 0.3 is 0 Å². The van der Waals surface area contributed by atoms with Crippen molar-refractivity contribution in [3.8, 4) is 17.2 Å². The quantitative estimate of drug-likeness (QED) is 0.718. The van der Waals surface area contributed by atoms with Crippen molar-refractivity contribution in [3.63, 3.8) is 0 Å². The molecular weight excluding hydrogens is 362 g/mol. The Balaban J connectivity index is 2.08. The predicted molar refractivity (Wildman–Crippen MR) is 98.7 cm³/mol. The van der Waals surface area contributed by atoms with E-state index in [0.29, 0.717) is 27.9 Å². The summed E-state index contributed by atoms with van der Waals surface area (Å²) >= 11 is 1.30. The molecule has 0 saturated carbocycles. The zero-order valence-corrected chi connectivity index (χ0v) is 16.4. The standard InChI is InChI=1S/C17H23NO5S2/c1-5-13-6-7-16(24-13)25(19,20)18-9-8-12-10-14(21-2)17(23-4)15(11-12)22-3/h6-7,10-11,18H,5,8-9H2,1-4H3. The third-order valence-corrected chi connectivity index (χ3v) is 6.86. The second-order valence-corrected chi connectivity index (χ2v) is 8.42. The lowest BCUT2D eigenvalue weighted by Crippen LogP contribution is -2.25. The Hall–Kier alpha value is -1.77. The van der Waals surface area contributed by atoms with Gasteiger partial charge in [-0.15, -0.1) is 11.3 Å². The first-order valence-corrected chi connectivity index (χ1v) is 10.1. The molecule has 0 aliphatic carbocycles. The number of methoxy groups -OCH3 is 3. The van der Waals surface area contributed by atoms with Crippen LogP contribution < -0.4 is 18.9 Å². The summed E-state index contributed by atoms with van der Waals surface area (Å²) in [6, 6.07) is 7.12. The Morgan fingerprint density at radius 3 is 2.16 bits per heavy atom. The summed E-state index contributed by atoms with van der Waals surface area (Å²) in [5.74, 6) is 1.61. The molecule has 8 heteroatoms. The van der Waals surface area contributed by atoms with Crippen molar-refractivity contribution in [2.45, 2.75) is 24.0 Å². The van der Waals surface area contributed by atoms with E-state index in [0.717, 1.165) is 16.9 Å². The van der Waals surface area contributed by atoms with E-state index in [-0.39, 0.29) is 6.54 Å². The van der Waals surface area contributed by atoms with Crippen LogP contribution >= 0.6 is 11.3 Å². The molecule has 2 aromatic rings. The molecular formula is C17H23NO5S2. The second kappa shape index (κ2) is 8.55. The molecule has 1 N–H and O–H groups in total. The van der Waals surface area contributed by atoms with Crippen molar-refractivity contribution >= 4 is 21.4 Å². The molecule has 0 aliphatic heterocycles. The summed E-state index contributed by atoms with van der Waals surface area (Å²) in [4.78, 5) is 1.05. The van der Waals surface area contributed by atoms with E-state index in [1.54, 1.807) is 27.4 Å². The van der Waals surface area contributed by atoms with E-state index < -0.39 is 10.0 Å². The van der Waals surface area contributed by atoms with Crippen LogP contribution in [0.5, 0.6) is 17.2 Å². The third kappa shape index (κ3) is 4.65. The van der Waals surface area contributed by atoms with Gasteiger partial charge in [0.25, 0.3) is 0 Å². The molecule has 1 aromatic carbocycles. The highest BCUT2D eigenvalue weighted by molar-refractivity contribution is 7.91. The molecule has 0 amide bonds. The first kappa shape index (κ1) is 19.6. The monoisotopic (exact) mass is 385 g/mol. The van der Waals surface area contributed by atoms with Gasteiger partial charge in [0.05, 0.1) is 21.3 Å². The SMILES string of the molecule is CCc1ccc(S(=O)(=O)NCCc2cc(OC)c(OC)c(OC)c2)s1. The fourth-order valence-electron chi connectivity index (χ4n) is 2.37. The fourth-order valence-corrected chi connectivity index (χ4v) is 4.75. The van der Waals surface area contributed by atoms with Gasteiger partial charge in [-0.3, -0.25) is 0 Å². The van der Waals surface area contributed by atoms with Crippen LogP contribution in [-0.4, -0.2) is 36.3 Å². The van der Waals surface area contributed by atoms with Crippen LogP contribution in [-0.2, 0) is 22.9 Å². The van der Waals surface area contributed by atoms with Crippen molar-refractivity contribution in [2.75, 3.05) is 27.9 Å². The van der Waals surface area contributed by atoms with Crippen LogP contribution in [0.2, 0.25) is 0 Å². The smallest absolute Gasteiger partial charge is 0.250 e. The minimum absolute atomic E-state index is 0.278. The van der Waals surface area contributed by atoms with E-state index in [9.17, 15) is 8.42 Å². The van der Waals surface area contributed by atoms with Gasteiger partial charge in [0, 0.05) is 11.4 Å². The topological polar surface area (TPSA) is 73.9 Å². The van der Waals surface area contributed by atoms with E-state index in [1.807, 2.05) is 25.1 Å². The van der Waals surface area contributed by atoms with Gasteiger partial charge in [0.15, 0.2) is 11.5 Å². The van der Waals surface area contributed by atoms with Crippen molar-refractivity contribution in [3.05, 3.63) is 34.7 Å². The molecule has 0 radical (unpaired) electrons. The molecule has 2 rings (SSSR count). The molecule has 1 aromatic heterocycles. The Kier molecular flexibility index (Phi) is 6.69. The number of nitrogens with one attached hydrogen (secondary N) is 1. The Morgan fingerprint density at radius 2 is 1.68 bits per heavy atom. The molecule has 138 valence electrons. The highest BCUT2D eigenvalue weighted by atomic mass is 32.2. The van der Waals surface area contributed by atoms with Gasteiger partial charge in [0.1, 0.15) is 4.21 Å². The molecule has 0 unspecified atom stereocenters. The first-order valence-electron chi connectivity index (χ1n) is 7.82. The van der Waals surface area contributed by atoms with Crippen LogP contribution in [0, 0.1) is 0 Å². The van der Waals surface area contributed by atoms with E-state index in [1.165, 1.54) is 11.3 Å². The van der Waals surface area contributed by atoms with Crippen LogP contribution in [0.25, 0.3) is 0 Å². The third-order valence-electron chi connectivity index (χ3n) is 3.68. The number of sulfonamides is 1. The molecule has 0 atom stereocenters. The maximum absolute atomic E-state index is 12.3. The van der Waals surface area contributed by atoms with Crippen molar-refractivity contribution in [1.82, 2.24) is 4.72 Å². The van der Waals surface area contributed by atoms with Gasteiger partial charge < -0.3 is 14.2 Å². The van der Waals surface area contributed by atoms with Crippen LogP contribution in [0.3, 0.4) is 0 Å². The summed E-state index contributed by atoms with van der Waals surface area (Å²) in [5.41, 5.74) is 0.887. The van der Waals surface area contributed by atoms with E-state index in [4.69, 9.17) is 14.2 Å². The Bertz CT molecular complexity index is 789. The van der Waals surface area contributed by atoms with Crippen LogP contribution in [0.15, 0.2) is 28.5 Å². The average Bonchev–Trinajstić information content (AvgIpc) is 3.10. The molecule has 6 nitrogen and oxygen atoms in total. The van der Waals surface area contributed by atoms with E-state index >= 15 is 0 Å². The molecule has 0 aliphatic rings. The lowest BCUT2D eigenvalue weighted by atomic mass is 10.1. The number of ether oxygens (including phenoxy) is 3. The summed E-state index contributed by atoms with van der Waals surface area (Å²) in [5, 5.41) is 0. The number of benzene rings is 1. The lowest BCUT2D eigenvalue weighted by Gasteiger charge is -2.14. The Morgan fingerprint density at radius 1 is 1.04 bits per heavy atom. The number of rotatable bonds is 9. The summed E-state index contributed by atoms with van der Waals surface area (Å²) in [6.45, 7) is 2.28. The zero-order chi connectivity index (χ0) is 18.4. The second-order valence-electron chi connectivity index (χ2n) is 5.26. The molecule has 0 fully saturated rings. The highest BCUT2D eigenvalue weighted by Gasteiger charge is 2.17.